The van der Waals surface area contributed by atoms with E-state index in [0.29, 0.717) is 10.7 Å². The molecule has 186 valence electrons. The number of anilines is 1. The predicted octanol–water partition coefficient (Wildman–Crippen LogP) is 4.05. The minimum atomic E-state index is -3.77. The Kier molecular flexibility index (Phi) is 9.53. The van der Waals surface area contributed by atoms with Crippen LogP contribution < -0.4 is 9.62 Å². The molecule has 0 aliphatic carbocycles. The molecule has 0 saturated carbocycles. The fourth-order valence-corrected chi connectivity index (χ4v) is 4.68. The van der Waals surface area contributed by atoms with E-state index in [4.69, 9.17) is 11.6 Å². The molecule has 0 heterocycles. The largest absolute Gasteiger partial charge is 0.352 e. The van der Waals surface area contributed by atoms with Crippen LogP contribution in [0, 0.1) is 13.8 Å². The first-order valence-electron chi connectivity index (χ1n) is 11.2. The molecule has 2 aromatic carbocycles. The van der Waals surface area contributed by atoms with Gasteiger partial charge in [-0.05, 0) is 63.4 Å². The Balaban J connectivity index is 2.42. The molecule has 1 N–H and O–H groups in total. The Bertz CT molecular complexity index is 1140. The lowest BCUT2D eigenvalue weighted by molar-refractivity contribution is -0.139. The van der Waals surface area contributed by atoms with Crippen molar-refractivity contribution in [1.82, 2.24) is 10.2 Å². The highest BCUT2D eigenvalue weighted by Gasteiger charge is 2.31. The summed E-state index contributed by atoms with van der Waals surface area (Å²) < 4.78 is 26.4. The standard InChI is InChI=1S/C25H34ClN3O4S/c1-7-19(4)27-25(31)20(5)28(15-21-9-8-10-22(26)14-21)24(30)16-29(34(6,32)33)23-12-11-17(2)13-18(23)3/h8-14,19-20H,7,15-16H2,1-6H3,(H,27,31)/t19-,20+/m1/s1. The minimum absolute atomic E-state index is 0.0548. The first-order valence-corrected chi connectivity index (χ1v) is 13.4. The molecule has 0 aliphatic heterocycles. The number of benzene rings is 2. The van der Waals surface area contributed by atoms with Crippen LogP contribution in [0.1, 0.15) is 43.9 Å². The van der Waals surface area contributed by atoms with E-state index < -0.39 is 28.5 Å². The van der Waals surface area contributed by atoms with Crippen LogP contribution in [-0.4, -0.2) is 50.0 Å². The van der Waals surface area contributed by atoms with Gasteiger partial charge >= 0.3 is 0 Å². The Morgan fingerprint density at radius 3 is 2.32 bits per heavy atom. The summed E-state index contributed by atoms with van der Waals surface area (Å²) in [4.78, 5) is 27.8. The van der Waals surface area contributed by atoms with Gasteiger partial charge < -0.3 is 10.2 Å². The highest BCUT2D eigenvalue weighted by atomic mass is 35.5. The molecule has 7 nitrogen and oxygen atoms in total. The minimum Gasteiger partial charge on any atom is -0.352 e. The van der Waals surface area contributed by atoms with Crippen LogP contribution in [0.2, 0.25) is 5.02 Å². The van der Waals surface area contributed by atoms with Gasteiger partial charge in [-0.3, -0.25) is 13.9 Å². The van der Waals surface area contributed by atoms with E-state index in [1.54, 1.807) is 44.2 Å². The van der Waals surface area contributed by atoms with Crippen LogP contribution in [0.3, 0.4) is 0 Å². The number of nitrogens with one attached hydrogen (secondary N) is 1. The van der Waals surface area contributed by atoms with Crippen molar-refractivity contribution in [3.63, 3.8) is 0 Å². The van der Waals surface area contributed by atoms with Crippen LogP contribution in [0.5, 0.6) is 0 Å². The topological polar surface area (TPSA) is 86.8 Å². The number of carbonyl (C=O) groups excluding carboxylic acids is 2. The second-order valence-corrected chi connectivity index (χ2v) is 11.0. The molecule has 0 saturated heterocycles. The highest BCUT2D eigenvalue weighted by Crippen LogP contribution is 2.24. The summed E-state index contributed by atoms with van der Waals surface area (Å²) in [6.45, 7) is 8.89. The lowest BCUT2D eigenvalue weighted by Crippen LogP contribution is -2.52. The summed E-state index contributed by atoms with van der Waals surface area (Å²) in [6.07, 6.45) is 1.81. The van der Waals surface area contributed by atoms with Crippen molar-refractivity contribution in [1.29, 1.82) is 0 Å². The number of halogens is 1. The van der Waals surface area contributed by atoms with Crippen LogP contribution in [0.4, 0.5) is 5.69 Å². The fraction of sp³-hybridized carbons (Fsp3) is 0.440. The van der Waals surface area contributed by atoms with E-state index in [1.807, 2.05) is 32.9 Å². The summed E-state index contributed by atoms with van der Waals surface area (Å²) in [6, 6.07) is 11.5. The molecule has 0 fully saturated rings. The maximum atomic E-state index is 13.5. The van der Waals surface area contributed by atoms with Crippen LogP contribution in [-0.2, 0) is 26.2 Å². The number of hydrogen-bond acceptors (Lipinski definition) is 4. The molecule has 0 bridgehead atoms. The quantitative estimate of drug-likeness (QED) is 0.525. The van der Waals surface area contributed by atoms with Crippen molar-refractivity contribution in [3.8, 4) is 0 Å². The number of nitrogens with zero attached hydrogens (tertiary/aromatic N) is 2. The van der Waals surface area contributed by atoms with Crippen molar-refractivity contribution < 1.29 is 18.0 Å². The van der Waals surface area contributed by atoms with Gasteiger partial charge in [0.15, 0.2) is 0 Å². The lowest BCUT2D eigenvalue weighted by atomic mass is 10.1. The molecule has 2 amide bonds. The Morgan fingerprint density at radius 1 is 1.09 bits per heavy atom. The molecule has 2 aromatic rings. The second kappa shape index (κ2) is 11.7. The van der Waals surface area contributed by atoms with Crippen LogP contribution in [0.25, 0.3) is 0 Å². The zero-order chi connectivity index (χ0) is 25.6. The van der Waals surface area contributed by atoms with Gasteiger partial charge in [0.05, 0.1) is 11.9 Å². The molecule has 0 aliphatic rings. The number of sulfonamides is 1. The molecule has 0 radical (unpaired) electrons. The molecular weight excluding hydrogens is 474 g/mol. The third-order valence-corrected chi connectivity index (χ3v) is 7.07. The summed E-state index contributed by atoms with van der Waals surface area (Å²) in [5, 5.41) is 3.41. The van der Waals surface area contributed by atoms with E-state index in [0.717, 1.165) is 33.7 Å². The number of amides is 2. The van der Waals surface area contributed by atoms with Gasteiger partial charge in [0, 0.05) is 17.6 Å². The van der Waals surface area contributed by atoms with Crippen molar-refractivity contribution in [2.24, 2.45) is 0 Å². The smallest absolute Gasteiger partial charge is 0.244 e. The zero-order valence-corrected chi connectivity index (χ0v) is 22.2. The maximum absolute atomic E-state index is 13.5. The maximum Gasteiger partial charge on any atom is 0.244 e. The number of rotatable bonds is 10. The van der Waals surface area contributed by atoms with Gasteiger partial charge in [-0.15, -0.1) is 0 Å². The van der Waals surface area contributed by atoms with Crippen molar-refractivity contribution in [2.75, 3.05) is 17.1 Å². The van der Waals surface area contributed by atoms with Gasteiger partial charge in [0.2, 0.25) is 21.8 Å². The van der Waals surface area contributed by atoms with E-state index in [9.17, 15) is 18.0 Å². The fourth-order valence-electron chi connectivity index (χ4n) is 3.56. The average molecular weight is 508 g/mol. The van der Waals surface area contributed by atoms with Crippen LogP contribution >= 0.6 is 11.6 Å². The van der Waals surface area contributed by atoms with E-state index in [-0.39, 0.29) is 18.5 Å². The number of carbonyl (C=O) groups is 2. The third-order valence-electron chi connectivity index (χ3n) is 5.71. The summed E-state index contributed by atoms with van der Waals surface area (Å²) >= 11 is 6.12. The molecule has 2 atom stereocenters. The number of hydrogen-bond donors (Lipinski definition) is 1. The van der Waals surface area contributed by atoms with Crippen molar-refractivity contribution in [3.05, 3.63) is 64.2 Å². The van der Waals surface area contributed by atoms with Crippen LogP contribution in [0.15, 0.2) is 42.5 Å². The lowest BCUT2D eigenvalue weighted by Gasteiger charge is -2.32. The van der Waals surface area contributed by atoms with E-state index in [2.05, 4.69) is 5.32 Å². The third kappa shape index (κ3) is 7.46. The first kappa shape index (κ1) is 27.7. The molecule has 9 heteroatoms. The molecule has 2 rings (SSSR count). The van der Waals surface area contributed by atoms with Gasteiger partial charge in [0.1, 0.15) is 12.6 Å². The molecule has 0 aromatic heterocycles. The van der Waals surface area contributed by atoms with E-state index in [1.165, 1.54) is 4.90 Å². The summed E-state index contributed by atoms with van der Waals surface area (Å²) in [7, 11) is -3.77. The van der Waals surface area contributed by atoms with Gasteiger partial charge in [0.25, 0.3) is 0 Å². The van der Waals surface area contributed by atoms with Gasteiger partial charge in [-0.1, -0.05) is 48.4 Å². The van der Waals surface area contributed by atoms with E-state index >= 15 is 0 Å². The molecule has 0 spiro atoms. The predicted molar refractivity (Wildman–Crippen MR) is 137 cm³/mol. The Labute approximate surface area is 208 Å². The normalized spacial score (nSPS) is 13.1. The number of aryl methyl sites for hydroxylation is 2. The zero-order valence-electron chi connectivity index (χ0n) is 20.6. The molecule has 0 unspecified atom stereocenters. The summed E-state index contributed by atoms with van der Waals surface area (Å²) in [5.74, 6) is -0.792. The second-order valence-electron chi connectivity index (χ2n) is 8.70. The molecular formula is C25H34ClN3O4S. The first-order chi connectivity index (χ1) is 15.8. The van der Waals surface area contributed by atoms with Gasteiger partial charge in [-0.25, -0.2) is 8.42 Å². The highest BCUT2D eigenvalue weighted by molar-refractivity contribution is 7.92. The monoisotopic (exact) mass is 507 g/mol. The summed E-state index contributed by atoms with van der Waals surface area (Å²) in [5.41, 5.74) is 2.89. The molecule has 34 heavy (non-hydrogen) atoms. The Hall–Kier alpha value is -2.58. The average Bonchev–Trinajstić information content (AvgIpc) is 2.74. The van der Waals surface area contributed by atoms with Crippen molar-refractivity contribution >= 4 is 39.1 Å². The van der Waals surface area contributed by atoms with Crippen molar-refractivity contribution in [2.45, 2.75) is 59.7 Å². The SMILES string of the molecule is CC[C@@H](C)NC(=O)[C@H](C)N(Cc1cccc(Cl)c1)C(=O)CN(c1ccc(C)cc1C)S(C)(=O)=O. The Morgan fingerprint density at radius 2 is 1.76 bits per heavy atom. The van der Waals surface area contributed by atoms with Gasteiger partial charge in [-0.2, -0.15) is 0 Å².